The zero-order valence-corrected chi connectivity index (χ0v) is 19.6. The summed E-state index contributed by atoms with van der Waals surface area (Å²) >= 11 is 0. The van der Waals surface area contributed by atoms with Gasteiger partial charge in [0.15, 0.2) is 0 Å². The van der Waals surface area contributed by atoms with Crippen LogP contribution in [0.3, 0.4) is 0 Å². The Balaban J connectivity index is 1.51. The van der Waals surface area contributed by atoms with E-state index in [1.807, 2.05) is 18.5 Å². The Kier molecular flexibility index (Phi) is 5.69. The number of para-hydroxylation sites is 1. The largest absolute Gasteiger partial charge is 0.357 e. The molecule has 0 bridgehead atoms. The van der Waals surface area contributed by atoms with Crippen molar-refractivity contribution in [1.82, 2.24) is 19.9 Å². The summed E-state index contributed by atoms with van der Waals surface area (Å²) in [4.78, 5) is 28.5. The van der Waals surface area contributed by atoms with Gasteiger partial charge in [-0.25, -0.2) is 14.4 Å². The van der Waals surface area contributed by atoms with Crippen LogP contribution < -0.4 is 4.90 Å². The van der Waals surface area contributed by atoms with E-state index in [0.29, 0.717) is 12.5 Å². The number of nitrogens with one attached hydrogen (secondary N) is 1. The van der Waals surface area contributed by atoms with E-state index in [1.165, 1.54) is 10.9 Å². The minimum absolute atomic E-state index is 0.138. The molecule has 0 spiro atoms. The lowest BCUT2D eigenvalue weighted by Gasteiger charge is -2.42. The van der Waals surface area contributed by atoms with Gasteiger partial charge in [-0.2, -0.15) is 0 Å². The maximum absolute atomic E-state index is 14.9. The van der Waals surface area contributed by atoms with Crippen molar-refractivity contribution < 1.29 is 9.18 Å². The molecule has 0 radical (unpaired) electrons. The third-order valence-electron chi connectivity index (χ3n) is 7.06. The van der Waals surface area contributed by atoms with Gasteiger partial charge >= 0.3 is 0 Å². The number of rotatable bonds is 5. The molecular formula is C26H32FN5O. The van der Waals surface area contributed by atoms with Crippen LogP contribution in [0, 0.1) is 5.92 Å². The zero-order valence-electron chi connectivity index (χ0n) is 19.6. The van der Waals surface area contributed by atoms with Gasteiger partial charge in [0, 0.05) is 66.1 Å². The molecule has 0 unspecified atom stereocenters. The van der Waals surface area contributed by atoms with E-state index in [0.717, 1.165) is 55.4 Å². The first-order chi connectivity index (χ1) is 15.8. The molecule has 5 rings (SSSR count). The van der Waals surface area contributed by atoms with Crippen LogP contribution >= 0.6 is 0 Å². The topological polar surface area (TPSA) is 65.1 Å². The van der Waals surface area contributed by atoms with Crippen molar-refractivity contribution in [3.8, 4) is 0 Å². The van der Waals surface area contributed by atoms with Crippen LogP contribution in [0.1, 0.15) is 56.5 Å². The van der Waals surface area contributed by atoms with Crippen molar-refractivity contribution in [3.05, 3.63) is 53.5 Å². The van der Waals surface area contributed by atoms with Crippen LogP contribution in [0.15, 0.2) is 36.7 Å². The Hall–Kier alpha value is -2.80. The van der Waals surface area contributed by atoms with Crippen LogP contribution in [0.25, 0.3) is 10.9 Å². The number of aromatic amines is 1. The van der Waals surface area contributed by atoms with E-state index < -0.39 is 5.67 Å². The molecule has 1 saturated heterocycles. The highest BCUT2D eigenvalue weighted by molar-refractivity contribution is 5.85. The predicted molar refractivity (Wildman–Crippen MR) is 128 cm³/mol. The summed E-state index contributed by atoms with van der Waals surface area (Å²) in [6.45, 7) is 7.36. The molecule has 2 aromatic heterocycles. The monoisotopic (exact) mass is 449 g/mol. The number of carbonyl (C=O) groups is 1. The third kappa shape index (κ3) is 4.26. The van der Waals surface area contributed by atoms with E-state index in [4.69, 9.17) is 9.97 Å². The molecule has 1 fully saturated rings. The minimum atomic E-state index is -1.32. The molecule has 174 valence electrons. The van der Waals surface area contributed by atoms with Crippen LogP contribution in [-0.2, 0) is 11.2 Å². The molecule has 7 heteroatoms. The number of aldehydes is 1. The smallest absolute Gasteiger partial charge is 0.225 e. The molecule has 1 N–H and O–H groups in total. The Morgan fingerprint density at radius 1 is 1.18 bits per heavy atom. The van der Waals surface area contributed by atoms with E-state index in [9.17, 15) is 9.18 Å². The molecule has 33 heavy (non-hydrogen) atoms. The minimum Gasteiger partial charge on any atom is -0.357 e. The first-order valence-electron chi connectivity index (χ1n) is 11.9. The first kappa shape index (κ1) is 22.0. The van der Waals surface area contributed by atoms with Crippen molar-refractivity contribution in [3.63, 3.8) is 0 Å². The van der Waals surface area contributed by atoms with E-state index in [1.54, 1.807) is 13.8 Å². The summed E-state index contributed by atoms with van der Waals surface area (Å²) in [5, 5.41) is 1.24. The number of anilines is 1. The third-order valence-corrected chi connectivity index (χ3v) is 7.06. The molecule has 4 heterocycles. The van der Waals surface area contributed by atoms with Crippen LogP contribution in [0.5, 0.6) is 0 Å². The number of alkyl halides is 1. The van der Waals surface area contributed by atoms with Crippen molar-refractivity contribution in [1.29, 1.82) is 0 Å². The number of H-pyrrole nitrogens is 1. The van der Waals surface area contributed by atoms with Crippen molar-refractivity contribution in [2.24, 2.45) is 5.92 Å². The number of benzene rings is 1. The number of piperidine rings is 1. The summed E-state index contributed by atoms with van der Waals surface area (Å²) in [5.41, 5.74) is 3.17. The second-order valence-electron chi connectivity index (χ2n) is 10.2. The van der Waals surface area contributed by atoms with Gasteiger partial charge in [0.05, 0.1) is 6.04 Å². The lowest BCUT2D eigenvalue weighted by molar-refractivity contribution is -0.111. The van der Waals surface area contributed by atoms with E-state index in [-0.39, 0.29) is 18.0 Å². The molecule has 2 aliphatic rings. The average Bonchev–Trinajstić information content (AvgIpc) is 3.17. The van der Waals surface area contributed by atoms with E-state index >= 15 is 0 Å². The average molecular weight is 450 g/mol. The molecule has 6 nitrogen and oxygen atoms in total. The van der Waals surface area contributed by atoms with Gasteiger partial charge in [-0.1, -0.05) is 18.2 Å². The van der Waals surface area contributed by atoms with Gasteiger partial charge < -0.3 is 14.7 Å². The molecule has 0 saturated carbocycles. The summed E-state index contributed by atoms with van der Waals surface area (Å²) in [7, 11) is 0. The molecular weight excluding hydrogens is 417 g/mol. The summed E-state index contributed by atoms with van der Waals surface area (Å²) < 4.78 is 14.9. The van der Waals surface area contributed by atoms with E-state index in [2.05, 4.69) is 39.9 Å². The number of carbonyl (C=O) groups excluding carboxylic acids is 1. The van der Waals surface area contributed by atoms with Gasteiger partial charge in [0.2, 0.25) is 5.95 Å². The first-order valence-corrected chi connectivity index (χ1v) is 11.9. The highest BCUT2D eigenvalue weighted by Crippen LogP contribution is 2.41. The van der Waals surface area contributed by atoms with Crippen molar-refractivity contribution >= 4 is 23.1 Å². The number of hydrogen-bond acceptors (Lipinski definition) is 5. The number of fused-ring (bicyclic) bond motifs is 3. The summed E-state index contributed by atoms with van der Waals surface area (Å²) in [6.07, 6.45) is 7.40. The Morgan fingerprint density at radius 2 is 1.88 bits per heavy atom. The fraction of sp³-hybridized carbons (Fsp3) is 0.500. The summed E-state index contributed by atoms with van der Waals surface area (Å²) in [5.74, 6) is 0.837. The highest BCUT2D eigenvalue weighted by Gasteiger charge is 2.38. The normalized spacial score (nSPS) is 22.5. The number of nitrogens with zero attached hydrogens (tertiary/aromatic N) is 4. The fourth-order valence-corrected chi connectivity index (χ4v) is 5.42. The van der Waals surface area contributed by atoms with Gasteiger partial charge in [-0.05, 0) is 51.7 Å². The lowest BCUT2D eigenvalue weighted by Crippen LogP contribution is -2.47. The van der Waals surface area contributed by atoms with Crippen LogP contribution in [0.2, 0.25) is 0 Å². The standard InChI is InChI=1S/C26H32FN5O/c1-17-12-21-20-6-4-5-7-22(20)30-23(21)24(32(17)16-26(2,3)27)19-13-28-25(29-14-19)31-10-8-18(15-33)9-11-31/h4-7,13-15,17-18,24,30H,8-12,16H2,1-3H3/t17-,24-/m1/s1. The quantitative estimate of drug-likeness (QED) is 0.583. The Morgan fingerprint density at radius 3 is 2.55 bits per heavy atom. The van der Waals surface area contributed by atoms with Gasteiger partial charge in [0.25, 0.3) is 0 Å². The zero-order chi connectivity index (χ0) is 23.2. The van der Waals surface area contributed by atoms with Gasteiger partial charge in [-0.15, -0.1) is 0 Å². The second kappa shape index (κ2) is 8.52. The van der Waals surface area contributed by atoms with Gasteiger partial charge in [0.1, 0.15) is 12.0 Å². The van der Waals surface area contributed by atoms with Crippen molar-refractivity contribution in [2.45, 2.75) is 57.8 Å². The molecule has 3 aromatic rings. The SMILES string of the molecule is C[C@@H]1Cc2c([nH]c3ccccc23)[C@@H](c2cnc(N3CCC(C=O)CC3)nc2)N1CC(C)(C)F. The second-order valence-corrected chi connectivity index (χ2v) is 10.2. The van der Waals surface area contributed by atoms with Crippen LogP contribution in [0.4, 0.5) is 10.3 Å². The molecule has 2 aliphatic heterocycles. The maximum atomic E-state index is 14.9. The lowest BCUT2D eigenvalue weighted by atomic mass is 9.88. The number of halogens is 1. The summed E-state index contributed by atoms with van der Waals surface area (Å²) in [6, 6.07) is 8.41. The molecule has 2 atom stereocenters. The van der Waals surface area contributed by atoms with Gasteiger partial charge in [-0.3, -0.25) is 4.90 Å². The maximum Gasteiger partial charge on any atom is 0.225 e. The Labute approximate surface area is 194 Å². The molecule has 0 aliphatic carbocycles. The fourth-order valence-electron chi connectivity index (χ4n) is 5.42. The number of aromatic nitrogens is 3. The Bertz CT molecular complexity index is 1130. The highest BCUT2D eigenvalue weighted by atomic mass is 19.1. The molecule has 1 aromatic carbocycles. The van der Waals surface area contributed by atoms with Crippen molar-refractivity contribution in [2.75, 3.05) is 24.5 Å². The van der Waals surface area contributed by atoms with Crippen LogP contribution in [-0.4, -0.2) is 57.5 Å². The predicted octanol–water partition coefficient (Wildman–Crippen LogP) is 4.46. The molecule has 0 amide bonds. The number of hydrogen-bond donors (Lipinski definition) is 1.